The van der Waals surface area contributed by atoms with Crippen molar-refractivity contribution in [3.8, 4) is 0 Å². The monoisotopic (exact) mass is 333 g/mol. The number of thiophene rings is 1. The van der Waals surface area contributed by atoms with Gasteiger partial charge in [-0.25, -0.2) is 0 Å². The molecule has 2 saturated heterocycles. The number of ether oxygens (including phenoxy) is 1. The lowest BCUT2D eigenvalue weighted by Gasteiger charge is -2.18. The summed E-state index contributed by atoms with van der Waals surface area (Å²) in [5.74, 6) is 1.77. The van der Waals surface area contributed by atoms with Gasteiger partial charge in [-0.05, 0) is 30.4 Å². The summed E-state index contributed by atoms with van der Waals surface area (Å²) >= 11 is 1.52. The molecule has 23 heavy (non-hydrogen) atoms. The van der Waals surface area contributed by atoms with Gasteiger partial charge in [0.2, 0.25) is 11.8 Å². The standard InChI is InChI=1S/C16H19N3O3S/c1-9-3-4-23-15(9)16(20)19-7-11-5-12(22-13(11)8-19)6-14-18-17-10(2)21-14/h3-4,11-13H,5-8H2,1-2H3/t11-,12-,13+/m0/s1. The molecule has 4 rings (SSSR count). The van der Waals surface area contributed by atoms with Crippen molar-refractivity contribution in [2.24, 2.45) is 5.92 Å². The molecule has 0 N–H and O–H groups in total. The second kappa shape index (κ2) is 5.72. The molecule has 1 amide bonds. The normalized spacial score (nSPS) is 26.7. The fourth-order valence-corrected chi connectivity index (χ4v) is 4.40. The van der Waals surface area contributed by atoms with Crippen LogP contribution < -0.4 is 0 Å². The Balaban J connectivity index is 1.36. The van der Waals surface area contributed by atoms with Crippen molar-refractivity contribution in [1.29, 1.82) is 0 Å². The van der Waals surface area contributed by atoms with Crippen LogP contribution in [0.2, 0.25) is 0 Å². The zero-order valence-electron chi connectivity index (χ0n) is 13.2. The molecule has 6 nitrogen and oxygen atoms in total. The first kappa shape index (κ1) is 14.8. The van der Waals surface area contributed by atoms with Gasteiger partial charge in [-0.15, -0.1) is 21.5 Å². The minimum absolute atomic E-state index is 0.116. The SMILES string of the molecule is Cc1nnc(C[C@@H]2C[C@H]3CN(C(=O)c4sccc4C)C[C@H]3O2)o1. The molecule has 2 fully saturated rings. The van der Waals surface area contributed by atoms with Gasteiger partial charge in [-0.2, -0.15) is 0 Å². The summed E-state index contributed by atoms with van der Waals surface area (Å²) in [6.07, 6.45) is 1.85. The molecule has 0 radical (unpaired) electrons. The Kier molecular flexibility index (Phi) is 3.69. The van der Waals surface area contributed by atoms with Crippen LogP contribution in [0.4, 0.5) is 0 Å². The lowest BCUT2D eigenvalue weighted by atomic mass is 10.0. The van der Waals surface area contributed by atoms with Crippen LogP contribution in [0.5, 0.6) is 0 Å². The molecule has 0 aliphatic carbocycles. The van der Waals surface area contributed by atoms with Gasteiger partial charge in [0.15, 0.2) is 0 Å². The van der Waals surface area contributed by atoms with E-state index in [0.29, 0.717) is 30.7 Å². The Morgan fingerprint density at radius 1 is 1.39 bits per heavy atom. The number of aromatic nitrogens is 2. The molecule has 0 spiro atoms. The quantitative estimate of drug-likeness (QED) is 0.861. The Morgan fingerprint density at radius 2 is 2.26 bits per heavy atom. The van der Waals surface area contributed by atoms with Gasteiger partial charge in [0.05, 0.1) is 23.5 Å². The van der Waals surface area contributed by atoms with E-state index in [0.717, 1.165) is 23.4 Å². The zero-order chi connectivity index (χ0) is 16.0. The Hall–Kier alpha value is -1.73. The van der Waals surface area contributed by atoms with Gasteiger partial charge in [0.1, 0.15) is 0 Å². The molecule has 2 aliphatic rings. The fourth-order valence-electron chi connectivity index (χ4n) is 3.51. The highest BCUT2D eigenvalue weighted by Crippen LogP contribution is 2.35. The van der Waals surface area contributed by atoms with E-state index in [1.54, 1.807) is 6.92 Å². The largest absolute Gasteiger partial charge is 0.426 e. The molecule has 3 atom stereocenters. The maximum Gasteiger partial charge on any atom is 0.264 e. The Bertz CT molecular complexity index is 712. The predicted octanol–water partition coefficient (Wildman–Crippen LogP) is 2.22. The first-order chi connectivity index (χ1) is 11.1. The van der Waals surface area contributed by atoms with Crippen molar-refractivity contribution in [1.82, 2.24) is 15.1 Å². The first-order valence-electron chi connectivity index (χ1n) is 7.88. The van der Waals surface area contributed by atoms with E-state index in [-0.39, 0.29) is 18.1 Å². The topological polar surface area (TPSA) is 68.5 Å². The lowest BCUT2D eigenvalue weighted by Crippen LogP contribution is -2.31. The van der Waals surface area contributed by atoms with Crippen LogP contribution in [0, 0.1) is 19.8 Å². The number of nitrogens with zero attached hydrogens (tertiary/aromatic N) is 3. The molecule has 2 aliphatic heterocycles. The van der Waals surface area contributed by atoms with E-state index in [1.807, 2.05) is 23.3 Å². The number of carbonyl (C=O) groups excluding carboxylic acids is 1. The number of hydrogen-bond acceptors (Lipinski definition) is 6. The summed E-state index contributed by atoms with van der Waals surface area (Å²) in [4.78, 5) is 15.4. The van der Waals surface area contributed by atoms with E-state index < -0.39 is 0 Å². The third kappa shape index (κ3) is 2.79. The second-order valence-corrected chi connectivity index (χ2v) is 7.27. The molecule has 122 valence electrons. The minimum atomic E-state index is 0.116. The number of amides is 1. The number of carbonyl (C=O) groups is 1. The number of hydrogen-bond donors (Lipinski definition) is 0. The maximum atomic E-state index is 12.6. The average Bonchev–Trinajstić information content (AvgIpc) is 3.23. The lowest BCUT2D eigenvalue weighted by molar-refractivity contribution is 0.0336. The summed E-state index contributed by atoms with van der Waals surface area (Å²) in [5.41, 5.74) is 1.06. The second-order valence-electron chi connectivity index (χ2n) is 6.35. The number of likely N-dealkylation sites (tertiary alicyclic amines) is 1. The fraction of sp³-hybridized carbons (Fsp3) is 0.562. The third-order valence-corrected chi connectivity index (χ3v) is 5.63. The van der Waals surface area contributed by atoms with E-state index in [4.69, 9.17) is 9.15 Å². The van der Waals surface area contributed by atoms with Gasteiger partial charge in [0, 0.05) is 25.9 Å². The van der Waals surface area contributed by atoms with Gasteiger partial charge in [-0.3, -0.25) is 4.79 Å². The van der Waals surface area contributed by atoms with Crippen molar-refractivity contribution in [2.45, 2.75) is 38.9 Å². The summed E-state index contributed by atoms with van der Waals surface area (Å²) in [6, 6.07) is 1.99. The minimum Gasteiger partial charge on any atom is -0.426 e. The van der Waals surface area contributed by atoms with Gasteiger partial charge < -0.3 is 14.1 Å². The van der Waals surface area contributed by atoms with Crippen LogP contribution in [0.15, 0.2) is 15.9 Å². The molecule has 2 aromatic rings. The molecule has 0 saturated carbocycles. The third-order valence-electron chi connectivity index (χ3n) is 4.63. The molecular weight excluding hydrogens is 314 g/mol. The van der Waals surface area contributed by atoms with E-state index >= 15 is 0 Å². The van der Waals surface area contributed by atoms with E-state index in [1.165, 1.54) is 11.3 Å². The molecule has 0 bridgehead atoms. The number of rotatable bonds is 3. The first-order valence-corrected chi connectivity index (χ1v) is 8.76. The van der Waals surface area contributed by atoms with Crippen molar-refractivity contribution in [3.05, 3.63) is 33.7 Å². The zero-order valence-corrected chi connectivity index (χ0v) is 14.0. The van der Waals surface area contributed by atoms with E-state index in [9.17, 15) is 4.79 Å². The smallest absolute Gasteiger partial charge is 0.264 e. The summed E-state index contributed by atoms with van der Waals surface area (Å²) in [6.45, 7) is 5.23. The van der Waals surface area contributed by atoms with Gasteiger partial charge >= 0.3 is 0 Å². The Labute approximate surface area is 138 Å². The van der Waals surface area contributed by atoms with Crippen LogP contribution in [0.25, 0.3) is 0 Å². The molecule has 0 aromatic carbocycles. The molecule has 2 aromatic heterocycles. The van der Waals surface area contributed by atoms with E-state index in [2.05, 4.69) is 10.2 Å². The number of aryl methyl sites for hydroxylation is 2. The van der Waals surface area contributed by atoms with Crippen LogP contribution >= 0.6 is 11.3 Å². The highest BCUT2D eigenvalue weighted by molar-refractivity contribution is 7.12. The molecule has 7 heteroatoms. The molecular formula is C16H19N3O3S. The van der Waals surface area contributed by atoms with Crippen molar-refractivity contribution in [3.63, 3.8) is 0 Å². The highest BCUT2D eigenvalue weighted by Gasteiger charge is 2.44. The highest BCUT2D eigenvalue weighted by atomic mass is 32.1. The molecule has 0 unspecified atom stereocenters. The van der Waals surface area contributed by atoms with Crippen molar-refractivity contribution in [2.75, 3.05) is 13.1 Å². The summed E-state index contributed by atoms with van der Waals surface area (Å²) < 4.78 is 11.5. The number of fused-ring (bicyclic) bond motifs is 1. The van der Waals surface area contributed by atoms with Crippen LogP contribution in [0.3, 0.4) is 0 Å². The summed E-state index contributed by atoms with van der Waals surface area (Å²) in [5, 5.41) is 9.85. The maximum absolute atomic E-state index is 12.6. The van der Waals surface area contributed by atoms with Gasteiger partial charge in [0.25, 0.3) is 5.91 Å². The van der Waals surface area contributed by atoms with Crippen molar-refractivity contribution >= 4 is 17.2 Å². The van der Waals surface area contributed by atoms with Crippen molar-refractivity contribution < 1.29 is 13.9 Å². The average molecular weight is 333 g/mol. The Morgan fingerprint density at radius 3 is 2.91 bits per heavy atom. The van der Waals surface area contributed by atoms with Crippen LogP contribution in [0.1, 0.15) is 33.4 Å². The van der Waals surface area contributed by atoms with Crippen LogP contribution in [-0.2, 0) is 11.2 Å². The molecule has 4 heterocycles. The predicted molar refractivity (Wildman–Crippen MR) is 84.5 cm³/mol. The summed E-state index contributed by atoms with van der Waals surface area (Å²) in [7, 11) is 0. The van der Waals surface area contributed by atoms with Crippen LogP contribution in [-0.4, -0.2) is 46.3 Å². The van der Waals surface area contributed by atoms with Gasteiger partial charge in [-0.1, -0.05) is 0 Å².